The lowest BCUT2D eigenvalue weighted by Crippen LogP contribution is -2.44. The summed E-state index contributed by atoms with van der Waals surface area (Å²) >= 11 is 0. The van der Waals surface area contributed by atoms with Crippen LogP contribution in [-0.4, -0.2) is 50.5 Å². The number of carbonyl (C=O) groups excluding carboxylic acids is 1. The van der Waals surface area contributed by atoms with E-state index in [1.54, 1.807) is 0 Å². The van der Waals surface area contributed by atoms with Gasteiger partial charge in [-0.25, -0.2) is 4.79 Å². The Balaban J connectivity index is 3.90. The molecule has 2 N–H and O–H groups in total. The van der Waals surface area contributed by atoms with Gasteiger partial charge >= 0.3 is 5.97 Å². The topological polar surface area (TPSA) is 84.9 Å². The number of nitrogens with one attached hydrogen (secondary N) is 1. The van der Waals surface area contributed by atoms with Gasteiger partial charge < -0.3 is 19.9 Å². The highest BCUT2D eigenvalue weighted by Gasteiger charge is 2.18. The van der Waals surface area contributed by atoms with E-state index in [0.717, 1.165) is 0 Å². The zero-order chi connectivity index (χ0) is 11.0. The molecule has 0 aliphatic heterocycles. The Labute approximate surface area is 82.2 Å². The molecule has 0 aliphatic carbocycles. The molecular weight excluding hydrogens is 190 g/mol. The second-order valence-corrected chi connectivity index (χ2v) is 2.66. The molecule has 0 saturated carbocycles. The van der Waals surface area contributed by atoms with E-state index in [2.05, 4.69) is 14.8 Å². The molecule has 6 nitrogen and oxygen atoms in total. The van der Waals surface area contributed by atoms with Gasteiger partial charge in [-0.3, -0.25) is 4.79 Å². The summed E-state index contributed by atoms with van der Waals surface area (Å²) in [6.45, 7) is 0.221. The first-order valence-electron chi connectivity index (χ1n) is 4.11. The van der Waals surface area contributed by atoms with Crippen molar-refractivity contribution in [1.82, 2.24) is 5.32 Å². The quantitative estimate of drug-likeness (QED) is 0.570. The molecule has 6 heteroatoms. The third kappa shape index (κ3) is 5.50. The van der Waals surface area contributed by atoms with Gasteiger partial charge in [0.2, 0.25) is 5.91 Å². The molecule has 0 aromatic rings. The lowest BCUT2D eigenvalue weighted by atomic mass is 10.3. The first-order valence-corrected chi connectivity index (χ1v) is 4.11. The van der Waals surface area contributed by atoms with Gasteiger partial charge in [0.1, 0.15) is 0 Å². The van der Waals surface area contributed by atoms with Crippen LogP contribution in [0.4, 0.5) is 0 Å². The van der Waals surface area contributed by atoms with Gasteiger partial charge in [0.05, 0.1) is 13.2 Å². The van der Waals surface area contributed by atoms with Crippen LogP contribution in [0.1, 0.15) is 6.42 Å². The molecular formula is C8H15NO5. The predicted octanol–water partition coefficient (Wildman–Crippen LogP) is -0.761. The Morgan fingerprint density at radius 3 is 2.43 bits per heavy atom. The number of carboxylic acid groups (broad SMARTS) is 1. The molecule has 0 rings (SSSR count). The van der Waals surface area contributed by atoms with Crippen molar-refractivity contribution in [2.75, 3.05) is 27.4 Å². The number of aliphatic carboxylic acids is 1. The Kier molecular flexibility index (Phi) is 6.69. The van der Waals surface area contributed by atoms with Gasteiger partial charge in [0, 0.05) is 20.6 Å². The van der Waals surface area contributed by atoms with Crippen molar-refractivity contribution in [2.24, 2.45) is 0 Å². The molecule has 0 bridgehead atoms. The van der Waals surface area contributed by atoms with Crippen LogP contribution < -0.4 is 5.32 Å². The van der Waals surface area contributed by atoms with Gasteiger partial charge in [-0.2, -0.15) is 0 Å². The van der Waals surface area contributed by atoms with Crippen molar-refractivity contribution in [3.05, 3.63) is 0 Å². The average Bonchev–Trinajstić information content (AvgIpc) is 2.14. The number of hydrogen-bond donors (Lipinski definition) is 2. The van der Waals surface area contributed by atoms with Gasteiger partial charge in [-0.1, -0.05) is 0 Å². The van der Waals surface area contributed by atoms with Gasteiger partial charge in [-0.15, -0.1) is 0 Å². The number of carboxylic acids is 1. The number of amides is 1. The molecule has 0 aromatic carbocycles. The van der Waals surface area contributed by atoms with E-state index in [-0.39, 0.29) is 25.5 Å². The van der Waals surface area contributed by atoms with E-state index in [4.69, 9.17) is 5.11 Å². The van der Waals surface area contributed by atoms with Gasteiger partial charge in [0.15, 0.2) is 6.04 Å². The summed E-state index contributed by atoms with van der Waals surface area (Å²) in [6.07, 6.45) is 0.143. The first kappa shape index (κ1) is 12.9. The second kappa shape index (κ2) is 7.28. The van der Waals surface area contributed by atoms with E-state index < -0.39 is 12.0 Å². The summed E-state index contributed by atoms with van der Waals surface area (Å²) in [7, 11) is 2.84. The number of methoxy groups -OCH3 is 2. The van der Waals surface area contributed by atoms with E-state index >= 15 is 0 Å². The van der Waals surface area contributed by atoms with Crippen molar-refractivity contribution in [3.8, 4) is 0 Å². The number of hydrogen-bond acceptors (Lipinski definition) is 4. The molecule has 0 spiro atoms. The lowest BCUT2D eigenvalue weighted by molar-refractivity contribution is -0.143. The first-order chi connectivity index (χ1) is 6.61. The molecule has 14 heavy (non-hydrogen) atoms. The minimum atomic E-state index is -1.11. The van der Waals surface area contributed by atoms with Crippen molar-refractivity contribution in [2.45, 2.75) is 12.5 Å². The number of rotatable bonds is 7. The van der Waals surface area contributed by atoms with Crippen LogP contribution >= 0.6 is 0 Å². The smallest absolute Gasteiger partial charge is 0.328 e. The highest BCUT2D eigenvalue weighted by molar-refractivity contribution is 5.83. The molecule has 0 radical (unpaired) electrons. The van der Waals surface area contributed by atoms with Gasteiger partial charge in [-0.05, 0) is 0 Å². The Bertz CT molecular complexity index is 194. The normalized spacial score (nSPS) is 12.1. The van der Waals surface area contributed by atoms with Crippen LogP contribution in [0.25, 0.3) is 0 Å². The maximum absolute atomic E-state index is 11.1. The highest BCUT2D eigenvalue weighted by atomic mass is 16.5. The highest BCUT2D eigenvalue weighted by Crippen LogP contribution is 1.88. The Morgan fingerprint density at radius 1 is 1.36 bits per heavy atom. The zero-order valence-electron chi connectivity index (χ0n) is 8.28. The molecule has 0 aliphatic rings. The number of carbonyl (C=O) groups is 2. The van der Waals surface area contributed by atoms with E-state index in [1.165, 1.54) is 14.2 Å². The van der Waals surface area contributed by atoms with Crippen molar-refractivity contribution < 1.29 is 24.2 Å². The maximum atomic E-state index is 11.1. The SMILES string of the molecule is COCCC(=O)NC(COC)C(=O)O. The summed E-state index contributed by atoms with van der Waals surface area (Å²) in [5.41, 5.74) is 0. The van der Waals surface area contributed by atoms with Crippen molar-refractivity contribution in [3.63, 3.8) is 0 Å². The average molecular weight is 205 g/mol. The minimum absolute atomic E-state index is 0.0476. The molecule has 0 aromatic heterocycles. The summed E-state index contributed by atoms with van der Waals surface area (Å²) in [5.74, 6) is -1.48. The van der Waals surface area contributed by atoms with Crippen LogP contribution in [0.2, 0.25) is 0 Å². The molecule has 1 amide bonds. The molecule has 1 unspecified atom stereocenters. The third-order valence-electron chi connectivity index (χ3n) is 1.50. The summed E-state index contributed by atoms with van der Waals surface area (Å²) < 4.78 is 9.32. The van der Waals surface area contributed by atoms with Crippen molar-refractivity contribution >= 4 is 11.9 Å². The van der Waals surface area contributed by atoms with Crippen LogP contribution in [0.3, 0.4) is 0 Å². The lowest BCUT2D eigenvalue weighted by Gasteiger charge is -2.12. The zero-order valence-corrected chi connectivity index (χ0v) is 8.28. The van der Waals surface area contributed by atoms with E-state index in [1.807, 2.05) is 0 Å². The van der Waals surface area contributed by atoms with E-state index in [9.17, 15) is 9.59 Å². The summed E-state index contributed by atoms with van der Waals surface area (Å²) in [6, 6.07) is -0.996. The van der Waals surface area contributed by atoms with Crippen LogP contribution in [-0.2, 0) is 19.1 Å². The van der Waals surface area contributed by atoms with Crippen LogP contribution in [0, 0.1) is 0 Å². The standard InChI is InChI=1S/C8H15NO5/c1-13-4-3-7(10)9-6(5-14-2)8(11)12/h6H,3-5H2,1-2H3,(H,9,10)(H,11,12). The Hall–Kier alpha value is -1.14. The second-order valence-electron chi connectivity index (χ2n) is 2.66. The predicted molar refractivity (Wildman–Crippen MR) is 47.9 cm³/mol. The molecule has 1 atom stereocenters. The molecule has 0 heterocycles. The fourth-order valence-corrected chi connectivity index (χ4v) is 0.803. The fraction of sp³-hybridized carbons (Fsp3) is 0.750. The van der Waals surface area contributed by atoms with Crippen molar-refractivity contribution in [1.29, 1.82) is 0 Å². The summed E-state index contributed by atoms with van der Waals surface area (Å²) in [5, 5.41) is 11.0. The number of ether oxygens (including phenoxy) is 2. The molecule has 0 saturated heterocycles. The van der Waals surface area contributed by atoms with Crippen LogP contribution in [0.15, 0.2) is 0 Å². The minimum Gasteiger partial charge on any atom is -0.480 e. The third-order valence-corrected chi connectivity index (χ3v) is 1.50. The molecule has 82 valence electrons. The largest absolute Gasteiger partial charge is 0.480 e. The van der Waals surface area contributed by atoms with Crippen LogP contribution in [0.5, 0.6) is 0 Å². The Morgan fingerprint density at radius 2 is 2.00 bits per heavy atom. The molecule has 0 fully saturated rings. The summed E-state index contributed by atoms with van der Waals surface area (Å²) in [4.78, 5) is 21.7. The maximum Gasteiger partial charge on any atom is 0.328 e. The monoisotopic (exact) mass is 205 g/mol. The fourth-order valence-electron chi connectivity index (χ4n) is 0.803. The van der Waals surface area contributed by atoms with Gasteiger partial charge in [0.25, 0.3) is 0 Å². The van der Waals surface area contributed by atoms with E-state index in [0.29, 0.717) is 0 Å².